The van der Waals surface area contributed by atoms with Crippen molar-refractivity contribution in [3.63, 3.8) is 0 Å². The first-order chi connectivity index (χ1) is 13.9. The molecule has 3 aromatic rings. The van der Waals surface area contributed by atoms with Crippen molar-refractivity contribution in [1.82, 2.24) is 14.8 Å². The van der Waals surface area contributed by atoms with Gasteiger partial charge in [0.05, 0.1) is 6.54 Å². The molecule has 2 heterocycles. The van der Waals surface area contributed by atoms with E-state index in [2.05, 4.69) is 9.88 Å². The second-order valence-corrected chi connectivity index (χ2v) is 7.44. The van der Waals surface area contributed by atoms with Crippen molar-refractivity contribution in [3.8, 4) is 5.69 Å². The molecule has 1 aromatic heterocycles. The summed E-state index contributed by atoms with van der Waals surface area (Å²) in [4.78, 5) is 26.4. The molecule has 0 bridgehead atoms. The van der Waals surface area contributed by atoms with Crippen molar-refractivity contribution < 1.29 is 9.59 Å². The van der Waals surface area contributed by atoms with Crippen LogP contribution in [-0.4, -0.2) is 21.4 Å². The fraction of sp³-hybridized carbons (Fsp3) is 0.130. The summed E-state index contributed by atoms with van der Waals surface area (Å²) in [5.74, 6) is -0.338. The average molecular weight is 406 g/mol. The van der Waals surface area contributed by atoms with Gasteiger partial charge in [-0.25, -0.2) is 4.79 Å². The molecule has 146 valence electrons. The number of aryl methyl sites for hydroxylation is 1. The van der Waals surface area contributed by atoms with Crippen molar-refractivity contribution in [3.05, 3.63) is 93.9 Å². The van der Waals surface area contributed by atoms with Gasteiger partial charge >= 0.3 is 6.03 Å². The maximum absolute atomic E-state index is 12.8. The van der Waals surface area contributed by atoms with Gasteiger partial charge in [0, 0.05) is 22.1 Å². The summed E-state index contributed by atoms with van der Waals surface area (Å²) in [5.41, 5.74) is 5.11. The third-order valence-electron chi connectivity index (χ3n) is 5.00. The largest absolute Gasteiger partial charge is 0.329 e. The summed E-state index contributed by atoms with van der Waals surface area (Å²) >= 11 is 5.90. The molecular weight excluding hydrogens is 386 g/mol. The lowest BCUT2D eigenvalue weighted by atomic mass is 10.2. The van der Waals surface area contributed by atoms with Crippen molar-refractivity contribution in [1.29, 1.82) is 0 Å². The van der Waals surface area contributed by atoms with Crippen molar-refractivity contribution in [2.45, 2.75) is 20.4 Å². The lowest BCUT2D eigenvalue weighted by Crippen LogP contribution is -2.30. The van der Waals surface area contributed by atoms with E-state index in [9.17, 15) is 9.59 Å². The Labute approximate surface area is 174 Å². The van der Waals surface area contributed by atoms with Gasteiger partial charge in [-0.05, 0) is 61.4 Å². The maximum atomic E-state index is 12.8. The minimum atomic E-state index is -0.423. The van der Waals surface area contributed by atoms with E-state index in [4.69, 9.17) is 11.6 Å². The number of hydrogen-bond acceptors (Lipinski definition) is 2. The van der Waals surface area contributed by atoms with Gasteiger partial charge in [-0.15, -0.1) is 0 Å². The molecule has 6 heteroatoms. The highest BCUT2D eigenvalue weighted by Gasteiger charge is 2.33. The van der Waals surface area contributed by atoms with Crippen LogP contribution in [0.5, 0.6) is 0 Å². The standard InChI is InChI=1S/C23H20ClN3O2/c1-15-12-18(16(2)27(15)20-6-4-3-5-7-20)13-21-22(28)26(23(29)25-21)14-17-8-10-19(24)11-9-17/h3-13H,14H2,1-2H3,(H,25,29)/b21-13+. The molecule has 0 unspecified atom stereocenters. The SMILES string of the molecule is Cc1cc(/C=C2/NC(=O)N(Cc3ccc(Cl)cc3)C2=O)c(C)n1-c1ccccc1. The Hall–Kier alpha value is -3.31. The van der Waals surface area contributed by atoms with E-state index in [-0.39, 0.29) is 18.1 Å². The Balaban J connectivity index is 1.62. The number of nitrogens with one attached hydrogen (secondary N) is 1. The number of rotatable bonds is 4. The van der Waals surface area contributed by atoms with Crippen LogP contribution in [0.15, 0.2) is 66.4 Å². The first-order valence-corrected chi connectivity index (χ1v) is 9.65. The first-order valence-electron chi connectivity index (χ1n) is 9.27. The number of benzene rings is 2. The van der Waals surface area contributed by atoms with E-state index >= 15 is 0 Å². The van der Waals surface area contributed by atoms with Crippen LogP contribution in [0.2, 0.25) is 5.02 Å². The average Bonchev–Trinajstić information content (AvgIpc) is 3.14. The Kier molecular flexibility index (Phi) is 4.99. The zero-order valence-electron chi connectivity index (χ0n) is 16.1. The number of carbonyl (C=O) groups excluding carboxylic acids is 2. The molecule has 1 aliphatic rings. The highest BCUT2D eigenvalue weighted by atomic mass is 35.5. The lowest BCUT2D eigenvalue weighted by Gasteiger charge is -2.11. The van der Waals surface area contributed by atoms with E-state index in [0.717, 1.165) is 28.2 Å². The Morgan fingerprint density at radius 2 is 1.69 bits per heavy atom. The summed E-state index contributed by atoms with van der Waals surface area (Å²) in [6, 6.07) is 18.7. The molecule has 2 aromatic carbocycles. The first kappa shape index (κ1) is 19.0. The van der Waals surface area contributed by atoms with Gasteiger partial charge in [-0.1, -0.05) is 41.9 Å². The number of urea groups is 1. The molecule has 5 nitrogen and oxygen atoms in total. The second-order valence-electron chi connectivity index (χ2n) is 7.00. The Morgan fingerprint density at radius 3 is 2.38 bits per heavy atom. The van der Waals surface area contributed by atoms with E-state index in [1.165, 1.54) is 4.90 Å². The molecular formula is C23H20ClN3O2. The van der Waals surface area contributed by atoms with Crippen LogP contribution >= 0.6 is 11.6 Å². The number of hydrogen-bond donors (Lipinski definition) is 1. The van der Waals surface area contributed by atoms with Gasteiger partial charge in [0.1, 0.15) is 5.70 Å². The molecule has 1 saturated heterocycles. The lowest BCUT2D eigenvalue weighted by molar-refractivity contribution is -0.123. The van der Waals surface area contributed by atoms with E-state index in [0.29, 0.717) is 5.02 Å². The fourth-order valence-electron chi connectivity index (χ4n) is 3.55. The fourth-order valence-corrected chi connectivity index (χ4v) is 3.68. The highest BCUT2D eigenvalue weighted by molar-refractivity contribution is 6.30. The van der Waals surface area contributed by atoms with Crippen LogP contribution in [0, 0.1) is 13.8 Å². The summed E-state index contributed by atoms with van der Waals surface area (Å²) < 4.78 is 2.12. The number of amides is 3. The van der Waals surface area contributed by atoms with Gasteiger partial charge in [0.15, 0.2) is 0 Å². The predicted octanol–water partition coefficient (Wildman–Crippen LogP) is 4.84. The van der Waals surface area contributed by atoms with Crippen molar-refractivity contribution in [2.75, 3.05) is 0 Å². The number of aromatic nitrogens is 1. The molecule has 1 N–H and O–H groups in total. The summed E-state index contributed by atoms with van der Waals surface area (Å²) in [6.45, 7) is 4.21. The summed E-state index contributed by atoms with van der Waals surface area (Å²) in [5, 5.41) is 3.30. The minimum Gasteiger partial charge on any atom is -0.318 e. The van der Waals surface area contributed by atoms with Gasteiger partial charge in [0.25, 0.3) is 5.91 Å². The number of carbonyl (C=O) groups is 2. The quantitative estimate of drug-likeness (QED) is 0.498. The number of halogens is 1. The summed E-state index contributed by atoms with van der Waals surface area (Å²) in [6.07, 6.45) is 1.74. The van der Waals surface area contributed by atoms with Crippen LogP contribution in [0.1, 0.15) is 22.5 Å². The molecule has 1 aliphatic heterocycles. The minimum absolute atomic E-state index is 0.197. The number of nitrogens with zero attached hydrogens (tertiary/aromatic N) is 2. The van der Waals surface area contributed by atoms with Crippen LogP contribution < -0.4 is 5.32 Å². The van der Waals surface area contributed by atoms with Gasteiger partial charge in [-0.3, -0.25) is 9.69 Å². The second kappa shape index (κ2) is 7.60. The molecule has 1 fully saturated rings. The topological polar surface area (TPSA) is 54.3 Å². The zero-order valence-corrected chi connectivity index (χ0v) is 16.9. The third kappa shape index (κ3) is 3.69. The van der Waals surface area contributed by atoms with Crippen LogP contribution in [0.4, 0.5) is 4.79 Å². The number of imide groups is 1. The van der Waals surface area contributed by atoms with E-state index in [1.54, 1.807) is 30.3 Å². The molecule has 0 saturated carbocycles. The molecule has 4 rings (SSSR count). The zero-order chi connectivity index (χ0) is 20.5. The van der Waals surface area contributed by atoms with Gasteiger partial charge < -0.3 is 9.88 Å². The Bertz CT molecular complexity index is 1120. The predicted molar refractivity (Wildman–Crippen MR) is 114 cm³/mol. The molecule has 29 heavy (non-hydrogen) atoms. The maximum Gasteiger partial charge on any atom is 0.329 e. The monoisotopic (exact) mass is 405 g/mol. The van der Waals surface area contributed by atoms with Crippen LogP contribution in [0.3, 0.4) is 0 Å². The normalized spacial score (nSPS) is 15.3. The smallest absolute Gasteiger partial charge is 0.318 e. The number of para-hydroxylation sites is 1. The summed E-state index contributed by atoms with van der Waals surface area (Å²) in [7, 11) is 0. The van der Waals surface area contributed by atoms with Gasteiger partial charge in [0.2, 0.25) is 0 Å². The van der Waals surface area contributed by atoms with Gasteiger partial charge in [-0.2, -0.15) is 0 Å². The molecule has 0 radical (unpaired) electrons. The van der Waals surface area contributed by atoms with E-state index in [1.807, 2.05) is 50.2 Å². The molecule has 3 amide bonds. The van der Waals surface area contributed by atoms with Crippen LogP contribution in [0.25, 0.3) is 11.8 Å². The molecule has 0 spiro atoms. The van der Waals surface area contributed by atoms with Crippen molar-refractivity contribution in [2.24, 2.45) is 0 Å². The molecule has 0 aliphatic carbocycles. The highest BCUT2D eigenvalue weighted by Crippen LogP contribution is 2.24. The van der Waals surface area contributed by atoms with Crippen molar-refractivity contribution >= 4 is 29.6 Å². The third-order valence-corrected chi connectivity index (χ3v) is 5.25. The molecule has 0 atom stereocenters. The van der Waals surface area contributed by atoms with Crippen LogP contribution in [-0.2, 0) is 11.3 Å². The Morgan fingerprint density at radius 1 is 1.00 bits per heavy atom. The van der Waals surface area contributed by atoms with E-state index < -0.39 is 6.03 Å².